The second-order valence-corrected chi connectivity index (χ2v) is 2.25. The van der Waals surface area contributed by atoms with Gasteiger partial charge in [-0.1, -0.05) is 0 Å². The van der Waals surface area contributed by atoms with Crippen molar-refractivity contribution >= 4 is 11.9 Å². The number of hydrogen-bond donors (Lipinski definition) is 1. The van der Waals surface area contributed by atoms with Gasteiger partial charge < -0.3 is 20.1 Å². The fourth-order valence-electron chi connectivity index (χ4n) is 0.380. The molecule has 6 heteroatoms. The standard InChI is InChI=1S/C5H10NO.C2H5NO2.Rb/c1-5(7)4-6(2)3;1-3-2(4)5;/h2,4H2,1,3H3;3H,1H3,(H,4,5);/q-1;;+1/p-1. The van der Waals surface area contributed by atoms with Gasteiger partial charge in [-0.2, -0.15) is 0 Å². The summed E-state index contributed by atoms with van der Waals surface area (Å²) < 4.78 is 0. The van der Waals surface area contributed by atoms with Gasteiger partial charge in [0.2, 0.25) is 0 Å². The minimum atomic E-state index is -1.25. The molecular formula is C7H14N2O3Rb-. The maximum atomic E-state index is 10.2. The third-order valence-electron chi connectivity index (χ3n) is 0.697. The summed E-state index contributed by atoms with van der Waals surface area (Å²) in [5, 5.41) is 11.0. The zero-order valence-corrected chi connectivity index (χ0v) is 13.5. The van der Waals surface area contributed by atoms with Crippen molar-refractivity contribution in [2.24, 2.45) is 0 Å². The number of carbonyl (C=O) groups excluding carboxylic acids is 2. The number of nitrogens with zero attached hydrogens (tertiary/aromatic N) is 1. The second kappa shape index (κ2) is 12.7. The monoisotopic (exact) mass is 259 g/mol. The molecule has 72 valence electrons. The largest absolute Gasteiger partial charge is 1.00 e. The van der Waals surface area contributed by atoms with Gasteiger partial charge in [-0.25, -0.2) is 0 Å². The summed E-state index contributed by atoms with van der Waals surface area (Å²) in [6, 6.07) is 0. The third kappa shape index (κ3) is 32.4. The van der Waals surface area contributed by atoms with Crippen molar-refractivity contribution in [2.45, 2.75) is 6.92 Å². The number of ketones is 1. The summed E-state index contributed by atoms with van der Waals surface area (Å²) >= 11 is 0. The molecule has 0 aromatic carbocycles. The Kier molecular flexibility index (Phi) is 18.9. The molecule has 5 nitrogen and oxygen atoms in total. The number of rotatable bonds is 2. The van der Waals surface area contributed by atoms with Gasteiger partial charge in [0.1, 0.15) is 11.9 Å². The Morgan fingerprint density at radius 1 is 1.54 bits per heavy atom. The van der Waals surface area contributed by atoms with Gasteiger partial charge >= 0.3 is 58.2 Å². The second-order valence-electron chi connectivity index (χ2n) is 2.25. The molecule has 0 saturated carbocycles. The van der Waals surface area contributed by atoms with E-state index >= 15 is 0 Å². The number of hydrogen-bond acceptors (Lipinski definition) is 4. The van der Waals surface area contributed by atoms with Crippen LogP contribution in [0.15, 0.2) is 0 Å². The van der Waals surface area contributed by atoms with E-state index in [4.69, 9.17) is 9.90 Å². The molecule has 0 aliphatic carbocycles. The smallest absolute Gasteiger partial charge is 0.530 e. The zero-order valence-electron chi connectivity index (χ0n) is 8.59. The van der Waals surface area contributed by atoms with Crippen LogP contribution in [0.1, 0.15) is 6.92 Å². The number of nitrogens with one attached hydrogen (secondary N) is 1. The molecular weight excluding hydrogens is 246 g/mol. The quantitative estimate of drug-likeness (QED) is 0.511. The van der Waals surface area contributed by atoms with E-state index in [0.29, 0.717) is 6.54 Å². The number of likely N-dealkylation sites (N-methyl/N-ethyl adjacent to an activating group) is 1. The Morgan fingerprint density at radius 2 is 1.85 bits per heavy atom. The molecule has 13 heavy (non-hydrogen) atoms. The van der Waals surface area contributed by atoms with E-state index < -0.39 is 6.09 Å². The molecule has 0 radical (unpaired) electrons. The van der Waals surface area contributed by atoms with Crippen molar-refractivity contribution in [1.82, 2.24) is 10.2 Å². The van der Waals surface area contributed by atoms with Gasteiger partial charge in [0.25, 0.3) is 0 Å². The summed E-state index contributed by atoms with van der Waals surface area (Å²) in [6.07, 6.45) is -1.25. The van der Waals surface area contributed by atoms with Crippen molar-refractivity contribution in [3.05, 3.63) is 7.05 Å². The molecule has 0 spiro atoms. The van der Waals surface area contributed by atoms with Crippen molar-refractivity contribution in [3.8, 4) is 0 Å². The molecule has 0 aliphatic rings. The van der Waals surface area contributed by atoms with Crippen molar-refractivity contribution < 1.29 is 72.9 Å². The predicted molar refractivity (Wildman–Crippen MR) is 43.1 cm³/mol. The molecule has 0 unspecified atom stereocenters. The van der Waals surface area contributed by atoms with Crippen molar-refractivity contribution in [1.29, 1.82) is 0 Å². The average molecular weight is 260 g/mol. The summed E-state index contributed by atoms with van der Waals surface area (Å²) in [5.74, 6) is 0.150. The molecule has 0 aromatic heterocycles. The van der Waals surface area contributed by atoms with E-state index in [2.05, 4.69) is 7.05 Å². The van der Waals surface area contributed by atoms with Crippen LogP contribution in [0, 0.1) is 7.05 Å². The fraction of sp³-hybridized carbons (Fsp3) is 0.571. The van der Waals surface area contributed by atoms with Gasteiger partial charge in [-0.3, -0.25) is 11.8 Å². The normalized spacial score (nSPS) is 7.77. The van der Waals surface area contributed by atoms with Crippen LogP contribution in [-0.2, 0) is 4.79 Å². The van der Waals surface area contributed by atoms with Crippen LogP contribution >= 0.6 is 0 Å². The Morgan fingerprint density at radius 3 is 1.85 bits per heavy atom. The molecule has 0 saturated heterocycles. The van der Waals surface area contributed by atoms with Gasteiger partial charge in [-0.05, 0) is 14.0 Å². The van der Waals surface area contributed by atoms with Crippen LogP contribution in [0.4, 0.5) is 4.79 Å². The van der Waals surface area contributed by atoms with E-state index in [1.165, 1.54) is 7.05 Å². The minimum absolute atomic E-state index is 0. The first kappa shape index (κ1) is 19.3. The Labute approximate surface area is 128 Å². The number of Topliss-reactive ketones (excluding diaryl/α,β-unsaturated/α-hetero) is 1. The maximum absolute atomic E-state index is 10.2. The van der Waals surface area contributed by atoms with Crippen LogP contribution in [0.3, 0.4) is 0 Å². The molecule has 0 heterocycles. The number of carboxylic acid groups (broad SMARTS) is 1. The minimum Gasteiger partial charge on any atom is -0.530 e. The molecule has 1 N–H and O–H groups in total. The molecule has 0 fully saturated rings. The van der Waals surface area contributed by atoms with E-state index in [1.54, 1.807) is 18.9 Å². The van der Waals surface area contributed by atoms with Crippen LogP contribution in [-0.4, -0.2) is 37.4 Å². The first-order chi connectivity index (χ1) is 5.40. The first-order valence-electron chi connectivity index (χ1n) is 3.30. The summed E-state index contributed by atoms with van der Waals surface area (Å²) in [4.78, 5) is 20.9. The van der Waals surface area contributed by atoms with Crippen LogP contribution in [0.5, 0.6) is 0 Å². The first-order valence-corrected chi connectivity index (χ1v) is 3.30. The van der Waals surface area contributed by atoms with Crippen LogP contribution in [0.25, 0.3) is 0 Å². The maximum Gasteiger partial charge on any atom is 1.00 e. The Bertz CT molecular complexity index is 151. The van der Waals surface area contributed by atoms with Crippen molar-refractivity contribution in [2.75, 3.05) is 20.6 Å². The summed E-state index contributed by atoms with van der Waals surface area (Å²) in [6.45, 7) is 1.99. The van der Waals surface area contributed by atoms with E-state index in [0.717, 1.165) is 0 Å². The average Bonchev–Trinajstić information content (AvgIpc) is 1.85. The zero-order chi connectivity index (χ0) is 10.1. The molecule has 0 bridgehead atoms. The molecule has 0 aliphatic heterocycles. The Balaban J connectivity index is -0.000000150. The van der Waals surface area contributed by atoms with Crippen molar-refractivity contribution in [3.63, 3.8) is 0 Å². The molecule has 0 rings (SSSR count). The number of amides is 1. The third-order valence-corrected chi connectivity index (χ3v) is 0.697. The van der Waals surface area contributed by atoms with Gasteiger partial charge in [0.15, 0.2) is 0 Å². The Hall–Kier alpha value is 0.705. The molecule has 1 amide bonds. The predicted octanol–water partition coefficient (Wildman–Crippen LogP) is -4.15. The number of carbonyl (C=O) groups is 2. The van der Waals surface area contributed by atoms with Crippen LogP contribution in [0.2, 0.25) is 0 Å². The van der Waals surface area contributed by atoms with E-state index in [9.17, 15) is 4.79 Å². The summed E-state index contributed by atoms with van der Waals surface area (Å²) in [7, 11) is 6.54. The topological polar surface area (TPSA) is 72.5 Å². The van der Waals surface area contributed by atoms with Gasteiger partial charge in [0, 0.05) is 13.6 Å². The molecule has 0 atom stereocenters. The van der Waals surface area contributed by atoms with Gasteiger partial charge in [0.05, 0.1) is 0 Å². The SMILES string of the molecule is CNC(=O)[O-].[CH2-]N(C)CC(C)=O.[Rb+]. The van der Waals surface area contributed by atoms with E-state index in [-0.39, 0.29) is 64.0 Å². The summed E-state index contributed by atoms with van der Waals surface area (Å²) in [5.41, 5.74) is 0. The van der Waals surface area contributed by atoms with E-state index in [1.807, 2.05) is 5.32 Å². The molecule has 0 aromatic rings. The van der Waals surface area contributed by atoms with Crippen LogP contribution < -0.4 is 68.6 Å². The fourth-order valence-corrected chi connectivity index (χ4v) is 0.380. The van der Waals surface area contributed by atoms with Gasteiger partial charge in [-0.15, -0.1) is 0 Å².